The third kappa shape index (κ3) is 3.84. The summed E-state index contributed by atoms with van der Waals surface area (Å²) in [4.78, 5) is 13.8. The van der Waals surface area contributed by atoms with Gasteiger partial charge in [-0.05, 0) is 68.0 Å². The Labute approximate surface area is 195 Å². The van der Waals surface area contributed by atoms with Crippen molar-refractivity contribution in [3.05, 3.63) is 58.3 Å². The maximum Gasteiger partial charge on any atom is 0.198 e. The molecule has 0 radical (unpaired) electrons. The zero-order valence-corrected chi connectivity index (χ0v) is 20.0. The van der Waals surface area contributed by atoms with E-state index in [0.29, 0.717) is 29.9 Å². The summed E-state index contributed by atoms with van der Waals surface area (Å²) in [6, 6.07) is 11.5. The Hall–Kier alpha value is -2.30. The molecular weight excluding hydrogens is 424 g/mol. The molecule has 2 aromatic rings. The second-order valence-electron chi connectivity index (χ2n) is 9.29. The molecule has 5 heteroatoms. The topological polar surface area (TPSA) is 55.8 Å². The van der Waals surface area contributed by atoms with Gasteiger partial charge in [-0.2, -0.15) is 0 Å². The molecule has 1 heterocycles. The van der Waals surface area contributed by atoms with Crippen molar-refractivity contribution in [1.29, 1.82) is 0 Å². The lowest BCUT2D eigenvalue weighted by atomic mass is 9.73. The van der Waals surface area contributed by atoms with Crippen molar-refractivity contribution >= 4 is 23.0 Å². The first-order valence-electron chi connectivity index (χ1n) is 11.4. The third-order valence-corrected chi connectivity index (χ3v) is 7.02. The first-order chi connectivity index (χ1) is 15.2. The molecule has 4 nitrogen and oxygen atoms in total. The molecule has 2 aliphatic rings. The second-order valence-corrected chi connectivity index (χ2v) is 9.73. The van der Waals surface area contributed by atoms with Gasteiger partial charge in [-0.1, -0.05) is 56.0 Å². The van der Waals surface area contributed by atoms with Gasteiger partial charge in [-0.15, -0.1) is 0 Å². The molecular formula is C27H31ClO4. The summed E-state index contributed by atoms with van der Waals surface area (Å²) in [6.45, 7) is 5.75. The van der Waals surface area contributed by atoms with E-state index < -0.39 is 11.2 Å². The summed E-state index contributed by atoms with van der Waals surface area (Å²) in [6.07, 6.45) is 5.15. The lowest BCUT2D eigenvalue weighted by Gasteiger charge is -2.46. The highest BCUT2D eigenvalue weighted by atomic mass is 35.5. The number of hydrogen-bond donors (Lipinski definition) is 1. The van der Waals surface area contributed by atoms with Crippen LogP contribution in [0, 0.1) is 0 Å². The molecule has 1 spiro atoms. The average Bonchev–Trinajstić information content (AvgIpc) is 2.78. The normalized spacial score (nSPS) is 20.0. The van der Waals surface area contributed by atoms with Crippen LogP contribution in [0.2, 0.25) is 5.02 Å². The van der Waals surface area contributed by atoms with Crippen LogP contribution in [0.3, 0.4) is 0 Å². The van der Waals surface area contributed by atoms with Crippen LogP contribution in [0.15, 0.2) is 42.2 Å². The van der Waals surface area contributed by atoms with Gasteiger partial charge in [-0.25, -0.2) is 0 Å². The predicted molar refractivity (Wildman–Crippen MR) is 128 cm³/mol. The lowest BCUT2D eigenvalue weighted by molar-refractivity contribution is -0.174. The lowest BCUT2D eigenvalue weighted by Crippen LogP contribution is -2.54. The van der Waals surface area contributed by atoms with E-state index in [0.717, 1.165) is 47.3 Å². The largest absolute Gasteiger partial charge is 0.508 e. The smallest absolute Gasteiger partial charge is 0.198 e. The molecule has 1 saturated carbocycles. The summed E-state index contributed by atoms with van der Waals surface area (Å²) in [7, 11) is 1.64. The van der Waals surface area contributed by atoms with Gasteiger partial charge in [0, 0.05) is 10.6 Å². The van der Waals surface area contributed by atoms with Crippen molar-refractivity contribution < 1.29 is 19.4 Å². The van der Waals surface area contributed by atoms with E-state index in [1.807, 2.05) is 38.1 Å². The number of aliphatic hydroxyl groups is 1. The highest BCUT2D eigenvalue weighted by Gasteiger charge is 2.52. The molecule has 0 aromatic heterocycles. The molecule has 1 aliphatic carbocycles. The molecule has 170 valence electrons. The summed E-state index contributed by atoms with van der Waals surface area (Å²) in [5.74, 6) is 0.661. The van der Waals surface area contributed by atoms with Crippen molar-refractivity contribution in [2.75, 3.05) is 7.11 Å². The van der Waals surface area contributed by atoms with E-state index in [9.17, 15) is 9.90 Å². The zero-order chi connectivity index (χ0) is 23.1. The Balaban J connectivity index is 1.86. The minimum absolute atomic E-state index is 0.0153. The van der Waals surface area contributed by atoms with Gasteiger partial charge >= 0.3 is 0 Å². The van der Waals surface area contributed by atoms with Crippen molar-refractivity contribution in [1.82, 2.24) is 0 Å². The molecule has 0 bridgehead atoms. The number of carbonyl (C=O) groups excluding carboxylic acids is 1. The predicted octanol–water partition coefficient (Wildman–Crippen LogP) is 6.93. The second kappa shape index (κ2) is 8.57. The number of benzene rings is 2. The molecule has 32 heavy (non-hydrogen) atoms. The Morgan fingerprint density at radius 1 is 1.06 bits per heavy atom. The molecule has 0 saturated heterocycles. The van der Waals surface area contributed by atoms with Crippen LogP contribution < -0.4 is 4.74 Å². The first kappa shape index (κ1) is 22.9. The first-order valence-corrected chi connectivity index (χ1v) is 11.8. The SMILES string of the molecule is CCc1cc(-c2cc(Cl)ccc2OC)ccc1C1=C(O)C(C)(C)OC2(CCCCC2)C1=O. The van der Waals surface area contributed by atoms with Crippen LogP contribution >= 0.6 is 11.6 Å². The fraction of sp³-hybridized carbons (Fsp3) is 0.444. The number of aliphatic hydroxyl groups excluding tert-OH is 1. The van der Waals surface area contributed by atoms with Gasteiger partial charge in [0.1, 0.15) is 22.7 Å². The molecule has 4 rings (SSSR count). The van der Waals surface area contributed by atoms with Crippen LogP contribution in [0.4, 0.5) is 0 Å². The highest BCUT2D eigenvalue weighted by Crippen LogP contribution is 2.47. The van der Waals surface area contributed by atoms with Crippen LogP contribution in [-0.4, -0.2) is 29.2 Å². The van der Waals surface area contributed by atoms with Crippen molar-refractivity contribution in [3.8, 4) is 16.9 Å². The highest BCUT2D eigenvalue weighted by molar-refractivity contribution is 6.31. The molecule has 0 atom stereocenters. The molecule has 1 fully saturated rings. The summed E-state index contributed by atoms with van der Waals surface area (Å²) in [5.41, 5.74) is 2.26. The molecule has 1 aliphatic heterocycles. The standard InChI is InChI=1S/C27H31ClO4/c1-5-17-15-18(21-16-19(28)10-12-22(21)31-4)9-11-20(17)23-24(29)26(2,3)32-27(25(23)30)13-7-6-8-14-27/h9-12,15-16,29H,5-8,13-14H2,1-4H3. The minimum atomic E-state index is -0.916. The van der Waals surface area contributed by atoms with Crippen LogP contribution in [0.25, 0.3) is 16.7 Å². The summed E-state index contributed by atoms with van der Waals surface area (Å²) in [5, 5.41) is 11.8. The van der Waals surface area contributed by atoms with Gasteiger partial charge in [0.25, 0.3) is 0 Å². The number of carbonyl (C=O) groups is 1. The Bertz CT molecular complexity index is 1080. The third-order valence-electron chi connectivity index (χ3n) is 6.79. The maximum atomic E-state index is 13.8. The number of aryl methyl sites for hydroxylation is 1. The van der Waals surface area contributed by atoms with Crippen LogP contribution in [0.5, 0.6) is 5.75 Å². The Kier molecular flexibility index (Phi) is 6.12. The number of Topliss-reactive ketones (excluding diaryl/α,β-unsaturated/α-hetero) is 1. The van der Waals surface area contributed by atoms with Gasteiger partial charge < -0.3 is 14.6 Å². The van der Waals surface area contributed by atoms with Gasteiger partial charge in [0.15, 0.2) is 5.78 Å². The fourth-order valence-electron chi connectivity index (χ4n) is 5.12. The van der Waals surface area contributed by atoms with E-state index in [2.05, 4.69) is 13.0 Å². The molecule has 0 amide bonds. The van der Waals surface area contributed by atoms with Crippen molar-refractivity contribution in [2.24, 2.45) is 0 Å². The maximum absolute atomic E-state index is 13.8. The zero-order valence-electron chi connectivity index (χ0n) is 19.3. The summed E-state index contributed by atoms with van der Waals surface area (Å²) >= 11 is 6.25. The van der Waals surface area contributed by atoms with Gasteiger partial charge in [0.2, 0.25) is 0 Å². The van der Waals surface area contributed by atoms with Gasteiger partial charge in [-0.3, -0.25) is 4.79 Å². The van der Waals surface area contributed by atoms with E-state index in [-0.39, 0.29) is 11.5 Å². The monoisotopic (exact) mass is 454 g/mol. The van der Waals surface area contributed by atoms with E-state index in [1.54, 1.807) is 13.2 Å². The fourth-order valence-corrected chi connectivity index (χ4v) is 5.30. The Morgan fingerprint density at radius 3 is 2.44 bits per heavy atom. The number of hydrogen-bond acceptors (Lipinski definition) is 4. The van der Waals surface area contributed by atoms with Crippen LogP contribution in [0.1, 0.15) is 64.0 Å². The minimum Gasteiger partial charge on any atom is -0.508 e. The summed E-state index contributed by atoms with van der Waals surface area (Å²) < 4.78 is 11.8. The number of ketones is 1. The molecule has 1 N–H and O–H groups in total. The van der Waals surface area contributed by atoms with E-state index in [4.69, 9.17) is 21.1 Å². The Morgan fingerprint density at radius 2 is 1.78 bits per heavy atom. The van der Waals surface area contributed by atoms with E-state index >= 15 is 0 Å². The average molecular weight is 455 g/mol. The van der Waals surface area contributed by atoms with Crippen molar-refractivity contribution in [3.63, 3.8) is 0 Å². The number of ether oxygens (including phenoxy) is 2. The quantitative estimate of drug-likeness (QED) is 0.544. The van der Waals surface area contributed by atoms with E-state index in [1.165, 1.54) is 0 Å². The van der Waals surface area contributed by atoms with Crippen molar-refractivity contribution in [2.45, 2.75) is 70.5 Å². The molecule has 0 unspecified atom stereocenters. The van der Waals surface area contributed by atoms with Crippen LogP contribution in [-0.2, 0) is 16.0 Å². The molecule has 2 aromatic carbocycles. The van der Waals surface area contributed by atoms with Gasteiger partial charge in [0.05, 0.1) is 12.7 Å². The number of halogens is 1. The number of rotatable bonds is 4. The number of methoxy groups -OCH3 is 1.